The molecule has 1 rings (SSSR count). The summed E-state index contributed by atoms with van der Waals surface area (Å²) in [6.45, 7) is 20.6. The molecule has 1 heteroatoms. The lowest BCUT2D eigenvalue weighted by atomic mass is 9.66. The van der Waals surface area contributed by atoms with Gasteiger partial charge in [-0.3, -0.25) is 4.90 Å². The predicted molar refractivity (Wildman–Crippen MR) is 81.9 cm³/mol. The van der Waals surface area contributed by atoms with Crippen LogP contribution in [-0.2, 0) is 0 Å². The van der Waals surface area contributed by atoms with Crippen LogP contribution in [0.15, 0.2) is 0 Å². The van der Waals surface area contributed by atoms with Crippen molar-refractivity contribution in [3.8, 4) is 0 Å². The lowest BCUT2D eigenvalue weighted by molar-refractivity contribution is -0.00321. The van der Waals surface area contributed by atoms with Crippen molar-refractivity contribution in [2.75, 3.05) is 6.54 Å². The van der Waals surface area contributed by atoms with Gasteiger partial charge < -0.3 is 0 Å². The van der Waals surface area contributed by atoms with Gasteiger partial charge in [0.2, 0.25) is 0 Å². The molecule has 1 heterocycles. The first-order chi connectivity index (χ1) is 8.05. The molecule has 1 fully saturated rings. The van der Waals surface area contributed by atoms with Crippen LogP contribution in [0.3, 0.4) is 0 Å². The fourth-order valence-electron chi connectivity index (χ4n) is 3.77. The molecule has 0 amide bonds. The van der Waals surface area contributed by atoms with Crippen molar-refractivity contribution in [1.29, 1.82) is 0 Å². The zero-order chi connectivity index (χ0) is 14.1. The Bertz CT molecular complexity index is 254. The highest BCUT2D eigenvalue weighted by Crippen LogP contribution is 2.44. The normalized spacial score (nSPS) is 28.5. The third-order valence-corrected chi connectivity index (χ3v) is 4.58. The Morgan fingerprint density at radius 1 is 0.889 bits per heavy atom. The van der Waals surface area contributed by atoms with Gasteiger partial charge in [-0.2, -0.15) is 0 Å². The fraction of sp³-hybridized carbons (Fsp3) is 1.00. The highest BCUT2D eigenvalue weighted by atomic mass is 15.2. The summed E-state index contributed by atoms with van der Waals surface area (Å²) in [5.41, 5.74) is 0.780. The van der Waals surface area contributed by atoms with Gasteiger partial charge in [-0.1, -0.05) is 48.0 Å². The molecule has 0 aromatic carbocycles. The summed E-state index contributed by atoms with van der Waals surface area (Å²) in [5, 5.41) is 0. The van der Waals surface area contributed by atoms with E-state index < -0.39 is 0 Å². The minimum Gasteiger partial charge on any atom is -0.297 e. The lowest BCUT2D eigenvalue weighted by Gasteiger charge is -2.49. The van der Waals surface area contributed by atoms with Crippen LogP contribution in [-0.4, -0.2) is 23.5 Å². The Morgan fingerprint density at radius 3 is 1.83 bits per heavy atom. The second kappa shape index (κ2) is 5.53. The van der Waals surface area contributed by atoms with E-state index in [1.807, 2.05) is 0 Å². The van der Waals surface area contributed by atoms with Crippen molar-refractivity contribution in [2.45, 2.75) is 86.7 Å². The molecule has 2 atom stereocenters. The SMILES string of the molecule is CC(C)N1CCCCC(C(C)(C)C)C1C(C)(C)C. The average molecular weight is 253 g/mol. The van der Waals surface area contributed by atoms with Crippen molar-refractivity contribution in [3.05, 3.63) is 0 Å². The van der Waals surface area contributed by atoms with Gasteiger partial charge in [-0.25, -0.2) is 0 Å². The molecule has 0 N–H and O–H groups in total. The highest BCUT2D eigenvalue weighted by Gasteiger charge is 2.43. The van der Waals surface area contributed by atoms with Crippen molar-refractivity contribution in [1.82, 2.24) is 4.90 Å². The van der Waals surface area contributed by atoms with E-state index in [4.69, 9.17) is 0 Å². The van der Waals surface area contributed by atoms with Gasteiger partial charge in [0.1, 0.15) is 0 Å². The monoisotopic (exact) mass is 253 g/mol. The van der Waals surface area contributed by atoms with Crippen molar-refractivity contribution in [3.63, 3.8) is 0 Å². The zero-order valence-electron chi connectivity index (χ0n) is 14.0. The number of likely N-dealkylation sites (tertiary alicyclic amines) is 1. The first-order valence-electron chi connectivity index (χ1n) is 7.81. The predicted octanol–water partition coefficient (Wildman–Crippen LogP) is 4.96. The third kappa shape index (κ3) is 3.73. The molecular formula is C17H35N. The Balaban J connectivity index is 3.13. The van der Waals surface area contributed by atoms with Gasteiger partial charge in [-0.15, -0.1) is 0 Å². The van der Waals surface area contributed by atoms with E-state index in [0.717, 1.165) is 5.92 Å². The van der Waals surface area contributed by atoms with Crippen LogP contribution in [0.1, 0.15) is 74.7 Å². The smallest absolute Gasteiger partial charge is 0.0180 e. The molecule has 0 bridgehead atoms. The maximum atomic E-state index is 2.78. The fourth-order valence-corrected chi connectivity index (χ4v) is 3.77. The molecule has 18 heavy (non-hydrogen) atoms. The Kier molecular flexibility index (Phi) is 4.92. The van der Waals surface area contributed by atoms with E-state index in [-0.39, 0.29) is 0 Å². The van der Waals surface area contributed by atoms with Crippen LogP contribution in [0, 0.1) is 16.7 Å². The number of hydrogen-bond donors (Lipinski definition) is 0. The third-order valence-electron chi connectivity index (χ3n) is 4.58. The molecule has 0 aromatic heterocycles. The van der Waals surface area contributed by atoms with Crippen molar-refractivity contribution in [2.24, 2.45) is 16.7 Å². The summed E-state index contributed by atoms with van der Waals surface area (Å²) >= 11 is 0. The summed E-state index contributed by atoms with van der Waals surface area (Å²) in [6.07, 6.45) is 4.17. The second-order valence-electron chi connectivity index (χ2n) is 8.61. The first-order valence-corrected chi connectivity index (χ1v) is 7.81. The summed E-state index contributed by atoms with van der Waals surface area (Å²) < 4.78 is 0. The van der Waals surface area contributed by atoms with Gasteiger partial charge in [0, 0.05) is 12.1 Å². The van der Waals surface area contributed by atoms with Gasteiger partial charge >= 0.3 is 0 Å². The van der Waals surface area contributed by atoms with E-state index in [0.29, 0.717) is 22.9 Å². The summed E-state index contributed by atoms with van der Waals surface area (Å²) in [4.78, 5) is 2.78. The Hall–Kier alpha value is -0.0400. The minimum absolute atomic E-state index is 0.368. The Labute approximate surface area is 115 Å². The molecule has 1 aliphatic heterocycles. The zero-order valence-corrected chi connectivity index (χ0v) is 14.0. The molecule has 0 radical (unpaired) electrons. The van der Waals surface area contributed by atoms with Gasteiger partial charge in [0.15, 0.2) is 0 Å². The second-order valence-corrected chi connectivity index (χ2v) is 8.61. The quantitative estimate of drug-likeness (QED) is 0.638. The standard InChI is InChI=1S/C17H35N/c1-13(2)18-12-10-9-11-14(16(3,4)5)15(18)17(6,7)8/h13-15H,9-12H2,1-8H3. The molecule has 1 saturated heterocycles. The summed E-state index contributed by atoms with van der Waals surface area (Å²) in [5.74, 6) is 0.808. The maximum absolute atomic E-state index is 2.78. The van der Waals surface area contributed by atoms with Gasteiger partial charge in [-0.05, 0) is 50.0 Å². The van der Waals surface area contributed by atoms with Crippen LogP contribution in [0.2, 0.25) is 0 Å². The summed E-state index contributed by atoms with van der Waals surface area (Å²) in [6, 6.07) is 1.37. The van der Waals surface area contributed by atoms with Crippen molar-refractivity contribution >= 4 is 0 Å². The van der Waals surface area contributed by atoms with E-state index >= 15 is 0 Å². The first kappa shape index (κ1) is 16.0. The van der Waals surface area contributed by atoms with E-state index in [1.54, 1.807) is 0 Å². The molecule has 1 nitrogen and oxygen atoms in total. The lowest BCUT2D eigenvalue weighted by Crippen LogP contribution is -2.53. The molecule has 0 aromatic rings. The molecule has 2 unspecified atom stereocenters. The van der Waals surface area contributed by atoms with Crippen LogP contribution in [0.5, 0.6) is 0 Å². The largest absolute Gasteiger partial charge is 0.297 e. The number of rotatable bonds is 1. The van der Waals surface area contributed by atoms with Crippen LogP contribution in [0.25, 0.3) is 0 Å². The average Bonchev–Trinajstić information content (AvgIpc) is 2.36. The van der Waals surface area contributed by atoms with Crippen LogP contribution < -0.4 is 0 Å². The van der Waals surface area contributed by atoms with Crippen LogP contribution >= 0.6 is 0 Å². The molecule has 0 aliphatic carbocycles. The van der Waals surface area contributed by atoms with Crippen molar-refractivity contribution < 1.29 is 0 Å². The van der Waals surface area contributed by atoms with Gasteiger partial charge in [0.05, 0.1) is 0 Å². The topological polar surface area (TPSA) is 3.24 Å². The molecule has 1 aliphatic rings. The van der Waals surface area contributed by atoms with E-state index in [9.17, 15) is 0 Å². The number of hydrogen-bond acceptors (Lipinski definition) is 1. The number of nitrogens with zero attached hydrogens (tertiary/aromatic N) is 1. The minimum atomic E-state index is 0.368. The van der Waals surface area contributed by atoms with E-state index in [1.165, 1.54) is 25.8 Å². The molecule has 0 spiro atoms. The van der Waals surface area contributed by atoms with E-state index in [2.05, 4.69) is 60.3 Å². The molecule has 0 saturated carbocycles. The maximum Gasteiger partial charge on any atom is 0.0180 e. The van der Waals surface area contributed by atoms with Gasteiger partial charge in [0.25, 0.3) is 0 Å². The summed E-state index contributed by atoms with van der Waals surface area (Å²) in [7, 11) is 0. The molecule has 108 valence electrons. The highest BCUT2D eigenvalue weighted by molar-refractivity contribution is 4.96. The molecular weight excluding hydrogens is 218 g/mol. The van der Waals surface area contributed by atoms with Crippen LogP contribution in [0.4, 0.5) is 0 Å². The Morgan fingerprint density at radius 2 is 1.44 bits per heavy atom.